The van der Waals surface area contributed by atoms with E-state index in [2.05, 4.69) is 122 Å². The standard InChI is InChI=1S/C75H105N21O17S3/c1-41(2)58(59(77)100)92-66(107)56-27-17-33-96(56)73(111)52(25-13-15-31-82-75(112)113-39-44-20-8-5-9-21-44)88-68(109)70(114)94-65(106)54(35-45-37-83-48-23-11-10-22-47(45)48)90-60(101)50(26-16-32-81-74(78)79)86-63(104)53(34-43-18-6-4-7-19-43)89-64(105)55(36-46-38-80-40-84-46)91-61(102)51(28-29-57(98)99)87-67(108)71(115)95-69(110)72(116)93-62(103)49(85-42(3)97)24-12-14-30-76/h4-11,18-23,37-38,40-41,49-56,58,70-72,83,114-116H,12-17,24-36,39,76H2,1-3H3,(H2,77,100)(H,80,84)(H,82,112)(H,85,97)(H,86,104)(H,87,108)(H,88,109)(H,89,105)(H,90,101)(H,91,102)(H,92,107)(H,93,103)(H,94,106)(H,95,110)(H,98,99)(H4,78,79,81)/t49-,50-,51-,52-,53+,54-,55-,56-,58-,70-,71-,72-/m0/s1. The lowest BCUT2D eigenvalue weighted by Crippen LogP contribution is -2.61. The van der Waals surface area contributed by atoms with Gasteiger partial charge in [0.05, 0.1) is 12.0 Å². The molecule has 14 amide bonds. The molecular weight excluding hydrogens is 1560 g/mol. The van der Waals surface area contributed by atoms with Gasteiger partial charge in [-0.1, -0.05) is 92.7 Å². The van der Waals surface area contributed by atoms with Crippen molar-refractivity contribution in [1.29, 1.82) is 0 Å². The highest BCUT2D eigenvalue weighted by molar-refractivity contribution is 7.82. The smallest absolute Gasteiger partial charge is 0.407 e. The molecule has 1 aliphatic rings. The molecule has 630 valence electrons. The van der Waals surface area contributed by atoms with Crippen LogP contribution in [0.4, 0.5) is 4.79 Å². The molecule has 0 unspecified atom stereocenters. The summed E-state index contributed by atoms with van der Waals surface area (Å²) in [6, 6.07) is 11.5. The van der Waals surface area contributed by atoms with E-state index in [1.165, 1.54) is 24.3 Å². The minimum Gasteiger partial charge on any atom is -0.481 e. The number of carboxylic acid groups (broad SMARTS) is 1. The zero-order chi connectivity index (χ0) is 85.0. The topological polar surface area (TPSA) is 594 Å². The number of imidazole rings is 1. The first kappa shape index (κ1) is 93.4. The van der Waals surface area contributed by atoms with Crippen molar-refractivity contribution in [3.8, 4) is 0 Å². The molecule has 0 spiro atoms. The third-order valence-corrected chi connectivity index (χ3v) is 19.5. The normalized spacial score (nSPS) is 15.2. The Morgan fingerprint density at radius 2 is 1.07 bits per heavy atom. The van der Waals surface area contributed by atoms with Crippen LogP contribution in [0.25, 0.3) is 10.9 Å². The molecular formula is C75H105N21O17S3. The van der Waals surface area contributed by atoms with Crippen molar-refractivity contribution >= 4 is 144 Å². The van der Waals surface area contributed by atoms with Crippen LogP contribution < -0.4 is 86.7 Å². The number of carbonyl (C=O) groups is 15. The van der Waals surface area contributed by atoms with Crippen LogP contribution in [0.3, 0.4) is 0 Å². The number of nitrogens with one attached hydrogen (secondary N) is 14. The number of rotatable bonds is 48. The molecule has 41 heteroatoms. The summed E-state index contributed by atoms with van der Waals surface area (Å²) in [7, 11) is 0. The van der Waals surface area contributed by atoms with E-state index in [9.17, 15) is 67.4 Å². The number of carboxylic acids is 1. The number of ether oxygens (including phenoxy) is 1. The minimum absolute atomic E-state index is 0.0102. The van der Waals surface area contributed by atoms with Crippen LogP contribution in [0.15, 0.2) is 109 Å². The van der Waals surface area contributed by atoms with E-state index in [4.69, 9.17) is 27.7 Å². The van der Waals surface area contributed by atoms with E-state index in [-0.39, 0.29) is 95.7 Å². The largest absolute Gasteiger partial charge is 0.481 e. The number of primary amides is 1. The van der Waals surface area contributed by atoms with Crippen molar-refractivity contribution in [2.24, 2.45) is 33.8 Å². The maximum atomic E-state index is 15.2. The molecule has 3 heterocycles. The molecule has 0 saturated carbocycles. The average molecular weight is 1670 g/mol. The number of aliphatic carboxylic acids is 1. The van der Waals surface area contributed by atoms with Crippen molar-refractivity contribution in [1.82, 2.24) is 83.7 Å². The van der Waals surface area contributed by atoms with Gasteiger partial charge in [0.1, 0.15) is 61.0 Å². The number of aromatic nitrogens is 3. The van der Waals surface area contributed by atoms with Gasteiger partial charge in [0.2, 0.25) is 59.1 Å². The highest BCUT2D eigenvalue weighted by Crippen LogP contribution is 2.23. The van der Waals surface area contributed by atoms with Gasteiger partial charge in [-0.15, -0.1) is 37.9 Å². The molecule has 1 saturated heterocycles. The summed E-state index contributed by atoms with van der Waals surface area (Å²) >= 11 is 12.8. The molecule has 116 heavy (non-hydrogen) atoms. The number of hydrogen-bond donors (Lipinski definition) is 22. The molecule has 0 aliphatic carbocycles. The quantitative estimate of drug-likeness (QED) is 0.00672. The Balaban J connectivity index is 1.24. The lowest BCUT2D eigenvalue weighted by molar-refractivity contribution is -0.142. The van der Waals surface area contributed by atoms with Gasteiger partial charge in [-0.3, -0.25) is 72.1 Å². The van der Waals surface area contributed by atoms with Gasteiger partial charge >= 0.3 is 12.1 Å². The summed E-state index contributed by atoms with van der Waals surface area (Å²) in [6.07, 6.45) is 3.29. The summed E-state index contributed by atoms with van der Waals surface area (Å²) in [6.45, 7) is 5.01. The van der Waals surface area contributed by atoms with Crippen molar-refractivity contribution in [2.45, 2.75) is 194 Å². The number of aliphatic imine (C=N–C) groups is 1. The Bertz CT molecular complexity index is 4200. The molecule has 2 aromatic heterocycles. The fourth-order valence-corrected chi connectivity index (χ4v) is 13.0. The van der Waals surface area contributed by atoms with Crippen LogP contribution in [0, 0.1) is 5.92 Å². The lowest BCUT2D eigenvalue weighted by Gasteiger charge is -2.31. The number of nitrogens with zero attached hydrogens (tertiary/aromatic N) is 3. The number of amides is 14. The number of fused-ring (bicyclic) bond motifs is 1. The molecule has 6 rings (SSSR count). The Morgan fingerprint density at radius 1 is 0.569 bits per heavy atom. The second-order valence-electron chi connectivity index (χ2n) is 27.8. The fraction of sp³-hybridized carbons (Fsp3) is 0.480. The predicted molar refractivity (Wildman–Crippen MR) is 435 cm³/mol. The summed E-state index contributed by atoms with van der Waals surface area (Å²) in [4.78, 5) is 222. The Labute approximate surface area is 685 Å². The fourth-order valence-electron chi connectivity index (χ4n) is 12.4. The van der Waals surface area contributed by atoms with Gasteiger partial charge in [0.25, 0.3) is 17.7 Å². The van der Waals surface area contributed by atoms with Crippen molar-refractivity contribution in [3.05, 3.63) is 126 Å². The van der Waals surface area contributed by atoms with Crippen LogP contribution in [0.1, 0.15) is 120 Å². The number of likely N-dealkylation sites (tertiary alicyclic amines) is 1. The van der Waals surface area contributed by atoms with Gasteiger partial charge in [-0.25, -0.2) is 9.78 Å². The summed E-state index contributed by atoms with van der Waals surface area (Å²) < 4.78 is 5.33. The Hall–Kier alpha value is -11.5. The molecule has 12 atom stereocenters. The van der Waals surface area contributed by atoms with Crippen LogP contribution in [0.2, 0.25) is 0 Å². The highest BCUT2D eigenvalue weighted by Gasteiger charge is 2.41. The van der Waals surface area contributed by atoms with Crippen molar-refractivity contribution in [3.63, 3.8) is 0 Å². The Morgan fingerprint density at radius 3 is 1.66 bits per heavy atom. The van der Waals surface area contributed by atoms with E-state index in [0.717, 1.165) is 5.56 Å². The second kappa shape index (κ2) is 48.0. The monoisotopic (exact) mass is 1670 g/mol. The van der Waals surface area contributed by atoms with Crippen LogP contribution in [0.5, 0.6) is 0 Å². The summed E-state index contributed by atoms with van der Waals surface area (Å²) in [5.41, 5.74) is 25.1. The highest BCUT2D eigenvalue weighted by atomic mass is 32.1. The number of guanidine groups is 1. The van der Waals surface area contributed by atoms with Gasteiger partial charge < -0.3 is 111 Å². The maximum absolute atomic E-state index is 15.2. The van der Waals surface area contributed by atoms with Crippen molar-refractivity contribution in [2.75, 3.05) is 26.2 Å². The zero-order valence-electron chi connectivity index (χ0n) is 64.4. The maximum Gasteiger partial charge on any atom is 0.407 e. The molecule has 5 aromatic rings. The van der Waals surface area contributed by atoms with E-state index in [0.29, 0.717) is 47.8 Å². The Kier molecular flexibility index (Phi) is 38.7. The number of alkyl carbamates (subject to hydrolysis) is 1. The van der Waals surface area contributed by atoms with Gasteiger partial charge in [0, 0.05) is 75.5 Å². The first-order chi connectivity index (χ1) is 55.3. The summed E-state index contributed by atoms with van der Waals surface area (Å²) in [5.74, 6) is -13.9. The molecule has 0 radical (unpaired) electrons. The predicted octanol–water partition coefficient (Wildman–Crippen LogP) is -1.79. The molecule has 1 aliphatic heterocycles. The summed E-state index contributed by atoms with van der Waals surface area (Å²) in [5, 5.41) is 35.8. The zero-order valence-corrected chi connectivity index (χ0v) is 67.1. The van der Waals surface area contributed by atoms with Gasteiger partial charge in [-0.2, -0.15) is 0 Å². The number of thiol groups is 3. The molecule has 3 aromatic carbocycles. The van der Waals surface area contributed by atoms with E-state index < -0.39 is 185 Å². The van der Waals surface area contributed by atoms with E-state index >= 15 is 9.59 Å². The van der Waals surface area contributed by atoms with Gasteiger partial charge in [-0.05, 0) is 106 Å². The number of aromatic amines is 2. The average Bonchev–Trinajstić information content (AvgIpc) is 1.28. The number of H-pyrrole nitrogens is 2. The van der Waals surface area contributed by atoms with E-state index in [1.807, 2.05) is 6.07 Å². The van der Waals surface area contributed by atoms with E-state index in [1.54, 1.807) is 98.9 Å². The van der Waals surface area contributed by atoms with Crippen LogP contribution >= 0.6 is 37.9 Å². The third-order valence-electron chi connectivity index (χ3n) is 18.5. The first-order valence-corrected chi connectivity index (χ1v) is 39.3. The lowest BCUT2D eigenvalue weighted by atomic mass is 10.0. The van der Waals surface area contributed by atoms with Crippen LogP contribution in [-0.4, -0.2) is 216 Å². The number of para-hydroxylation sites is 1. The third kappa shape index (κ3) is 31.4. The molecule has 23 N–H and O–H groups in total. The second-order valence-corrected chi connectivity index (χ2v) is 29.4. The van der Waals surface area contributed by atoms with Gasteiger partial charge in [0.15, 0.2) is 22.1 Å². The molecule has 1 fully saturated rings. The number of unbranched alkanes of at least 4 members (excludes halogenated alkanes) is 2. The number of nitrogens with two attached hydrogens (primary N) is 4. The first-order valence-electron chi connectivity index (χ1n) is 37.8. The molecule has 0 bridgehead atoms. The van der Waals surface area contributed by atoms with Crippen molar-refractivity contribution < 1.29 is 81.8 Å². The SMILES string of the molecule is CC(=O)N[C@@H](CCCCN)C(=O)N[C@@H](S)C(=O)N[C@@H](S)C(=O)N[C@@H](CCC(=O)O)C(=O)N[C@@H](Cc1c[nH]cn1)C(=O)N[C@H](Cc1ccccc1)C(=O)N[C@@H](CCCN=C(N)N)C(=O)N[C@@H](Cc1c[nH]c2ccccc12)C(=O)N[C@@H](S)C(=O)N[C@@H](CCCCNC(=O)OCc1ccccc1)C(=O)N1CCC[C@H]1C(=O)N[C@H](C(N)=O)C(C)C. The number of hydrogen-bond acceptors (Lipinski definition) is 22. The van der Waals surface area contributed by atoms with Crippen LogP contribution in [-0.2, 0) is 97.7 Å². The minimum atomic E-state index is -1.78. The molecule has 38 nitrogen and oxygen atoms in total. The number of carbonyl (C=O) groups excluding carboxylic acids is 14. The number of benzene rings is 3.